The number of hydrogen-bond acceptors (Lipinski definition) is 6. The summed E-state index contributed by atoms with van der Waals surface area (Å²) in [7, 11) is 0. The van der Waals surface area contributed by atoms with Crippen LogP contribution in [0, 0.1) is 17.0 Å². The van der Waals surface area contributed by atoms with E-state index in [0.717, 1.165) is 0 Å². The molecule has 0 spiro atoms. The molecule has 0 atom stereocenters. The first-order valence-electron chi connectivity index (χ1n) is 10.3. The zero-order chi connectivity index (χ0) is 24.1. The minimum Gasteiger partial charge on any atom is -0.339 e. The first-order chi connectivity index (χ1) is 15.8. The topological polar surface area (TPSA) is 127 Å². The van der Waals surface area contributed by atoms with Crippen molar-refractivity contribution in [3.63, 3.8) is 0 Å². The summed E-state index contributed by atoms with van der Waals surface area (Å²) in [6, 6.07) is 13.5. The average molecular weight is 449 g/mol. The maximum atomic E-state index is 12.9. The molecule has 1 N–H and O–H groups in total. The molecule has 3 aromatic rings. The number of carbonyl (C=O) groups excluding carboxylic acids is 2. The van der Waals surface area contributed by atoms with Gasteiger partial charge in [-0.25, -0.2) is 4.68 Å². The molecule has 33 heavy (non-hydrogen) atoms. The number of hydrogen-bond donors (Lipinski definition) is 1. The molecule has 0 aliphatic rings. The molecule has 0 bridgehead atoms. The minimum atomic E-state index is -0.792. The molecule has 3 rings (SSSR count). The Kier molecular flexibility index (Phi) is 6.97. The Morgan fingerprint density at radius 1 is 1.09 bits per heavy atom. The van der Waals surface area contributed by atoms with Crippen molar-refractivity contribution in [2.75, 3.05) is 18.4 Å². The Morgan fingerprint density at radius 3 is 2.45 bits per heavy atom. The molecule has 0 unspecified atom stereocenters. The summed E-state index contributed by atoms with van der Waals surface area (Å²) < 4.78 is 1.19. The fourth-order valence-corrected chi connectivity index (χ4v) is 3.36. The molecule has 1 heterocycles. The van der Waals surface area contributed by atoms with Crippen LogP contribution in [-0.4, -0.2) is 44.5 Å². The number of anilines is 1. The highest BCUT2D eigenvalue weighted by molar-refractivity contribution is 6.03. The fourth-order valence-electron chi connectivity index (χ4n) is 3.36. The van der Waals surface area contributed by atoms with E-state index in [0.29, 0.717) is 30.0 Å². The van der Waals surface area contributed by atoms with E-state index >= 15 is 0 Å². The molecular formula is C23H23N5O5. The van der Waals surface area contributed by atoms with Gasteiger partial charge in [0.25, 0.3) is 17.5 Å². The number of para-hydroxylation sites is 2. The summed E-state index contributed by atoms with van der Waals surface area (Å²) >= 11 is 0. The van der Waals surface area contributed by atoms with Crippen molar-refractivity contribution in [3.8, 4) is 5.69 Å². The number of nitrogens with zero attached hydrogens (tertiary/aromatic N) is 4. The smallest absolute Gasteiger partial charge is 0.294 e. The molecular weight excluding hydrogens is 426 g/mol. The summed E-state index contributed by atoms with van der Waals surface area (Å²) in [5.74, 6) is -0.969. The molecule has 0 aliphatic heterocycles. The van der Waals surface area contributed by atoms with E-state index in [9.17, 15) is 24.5 Å². The maximum Gasteiger partial charge on any atom is 0.294 e. The first-order valence-corrected chi connectivity index (χ1v) is 10.3. The van der Waals surface area contributed by atoms with Crippen LogP contribution in [0.2, 0.25) is 0 Å². The second kappa shape index (κ2) is 9.86. The van der Waals surface area contributed by atoms with Gasteiger partial charge in [0.05, 0.1) is 4.92 Å². The zero-order valence-electron chi connectivity index (χ0n) is 18.4. The van der Waals surface area contributed by atoms with Crippen molar-refractivity contribution in [1.29, 1.82) is 0 Å². The lowest BCUT2D eigenvalue weighted by Crippen LogP contribution is -2.30. The third-order valence-electron chi connectivity index (χ3n) is 5.05. The average Bonchev–Trinajstić information content (AvgIpc) is 2.80. The fraction of sp³-hybridized carbons (Fsp3) is 0.217. The number of amides is 2. The van der Waals surface area contributed by atoms with E-state index in [-0.39, 0.29) is 17.3 Å². The first kappa shape index (κ1) is 23.3. The van der Waals surface area contributed by atoms with Crippen LogP contribution >= 0.6 is 0 Å². The molecule has 1 aromatic heterocycles. The van der Waals surface area contributed by atoms with E-state index in [4.69, 9.17) is 0 Å². The third-order valence-corrected chi connectivity index (χ3v) is 5.05. The van der Waals surface area contributed by atoms with E-state index in [1.54, 1.807) is 36.1 Å². The lowest BCUT2D eigenvalue weighted by atomic mass is 10.1. The van der Waals surface area contributed by atoms with Crippen molar-refractivity contribution < 1.29 is 14.5 Å². The predicted octanol–water partition coefficient (Wildman–Crippen LogP) is 3.18. The van der Waals surface area contributed by atoms with Gasteiger partial charge in [-0.2, -0.15) is 5.10 Å². The maximum absolute atomic E-state index is 12.9. The van der Waals surface area contributed by atoms with E-state index in [1.165, 1.54) is 35.0 Å². The van der Waals surface area contributed by atoms with E-state index in [2.05, 4.69) is 10.4 Å². The second-order valence-corrected chi connectivity index (χ2v) is 7.17. The summed E-state index contributed by atoms with van der Waals surface area (Å²) in [6.45, 7) is 6.40. The number of nitrogens with one attached hydrogen (secondary N) is 1. The highest BCUT2D eigenvalue weighted by Crippen LogP contribution is 2.22. The molecule has 10 heteroatoms. The third kappa shape index (κ3) is 4.95. The number of benzene rings is 2. The summed E-state index contributed by atoms with van der Waals surface area (Å²) in [5.41, 5.74) is -0.110. The van der Waals surface area contributed by atoms with Gasteiger partial charge in [0.2, 0.25) is 5.43 Å². The van der Waals surface area contributed by atoms with Gasteiger partial charge in [0, 0.05) is 42.2 Å². The largest absolute Gasteiger partial charge is 0.339 e. The molecule has 2 amide bonds. The molecule has 2 aromatic carbocycles. The molecule has 170 valence electrons. The van der Waals surface area contributed by atoms with Crippen molar-refractivity contribution in [2.45, 2.75) is 20.8 Å². The number of nitro groups is 1. The lowest BCUT2D eigenvalue weighted by Gasteiger charge is -2.19. The zero-order valence-corrected chi connectivity index (χ0v) is 18.4. The van der Waals surface area contributed by atoms with Crippen LogP contribution in [0.15, 0.2) is 59.4 Å². The van der Waals surface area contributed by atoms with Crippen LogP contribution in [-0.2, 0) is 0 Å². The van der Waals surface area contributed by atoms with Crippen molar-refractivity contribution in [3.05, 3.63) is 91.9 Å². The number of aromatic nitrogens is 2. The molecule has 0 saturated carbocycles. The highest BCUT2D eigenvalue weighted by atomic mass is 16.6. The summed E-state index contributed by atoms with van der Waals surface area (Å²) in [5, 5.41) is 18.1. The standard InChI is InChI=1S/C23H23N5O5/c1-4-26(5-2)23(31)16-9-8-10-17(14-16)24-22(30)21-20(29)13-15(3)27(25-21)18-11-6-7-12-19(18)28(32)33/h6-14H,4-5H2,1-3H3,(H,24,30). The van der Waals surface area contributed by atoms with Gasteiger partial charge < -0.3 is 10.2 Å². The van der Waals surface area contributed by atoms with E-state index in [1.807, 2.05) is 13.8 Å². The molecule has 0 saturated heterocycles. The number of carbonyl (C=O) groups is 2. The normalized spacial score (nSPS) is 10.5. The van der Waals surface area contributed by atoms with Gasteiger partial charge in [-0.3, -0.25) is 24.5 Å². The van der Waals surface area contributed by atoms with Crippen LogP contribution in [0.3, 0.4) is 0 Å². The Bertz CT molecular complexity index is 1280. The van der Waals surface area contributed by atoms with Crippen LogP contribution in [0.25, 0.3) is 5.69 Å². The van der Waals surface area contributed by atoms with Gasteiger partial charge >= 0.3 is 0 Å². The van der Waals surface area contributed by atoms with Gasteiger partial charge in [0.1, 0.15) is 5.69 Å². The summed E-state index contributed by atoms with van der Waals surface area (Å²) in [4.78, 5) is 50.4. The Hall–Kier alpha value is -4.34. The number of nitro benzene ring substituents is 1. The number of aryl methyl sites for hydroxylation is 1. The van der Waals surface area contributed by atoms with Crippen LogP contribution in [0.1, 0.15) is 40.4 Å². The molecule has 0 aliphatic carbocycles. The van der Waals surface area contributed by atoms with Crippen LogP contribution in [0.5, 0.6) is 0 Å². The minimum absolute atomic E-state index is 0.126. The molecule has 10 nitrogen and oxygen atoms in total. The molecule has 0 radical (unpaired) electrons. The Balaban J connectivity index is 1.96. The van der Waals surface area contributed by atoms with Crippen molar-refractivity contribution in [2.24, 2.45) is 0 Å². The quantitative estimate of drug-likeness (QED) is 0.436. The van der Waals surface area contributed by atoms with Crippen LogP contribution < -0.4 is 10.7 Å². The Labute approximate surface area is 189 Å². The van der Waals surface area contributed by atoms with Crippen molar-refractivity contribution in [1.82, 2.24) is 14.7 Å². The second-order valence-electron chi connectivity index (χ2n) is 7.17. The highest BCUT2D eigenvalue weighted by Gasteiger charge is 2.21. The predicted molar refractivity (Wildman–Crippen MR) is 123 cm³/mol. The van der Waals surface area contributed by atoms with Crippen molar-refractivity contribution >= 4 is 23.2 Å². The van der Waals surface area contributed by atoms with Gasteiger partial charge in [-0.15, -0.1) is 0 Å². The van der Waals surface area contributed by atoms with Crippen LogP contribution in [0.4, 0.5) is 11.4 Å². The van der Waals surface area contributed by atoms with E-state index < -0.39 is 22.0 Å². The molecule has 0 fully saturated rings. The number of rotatable bonds is 7. The summed E-state index contributed by atoms with van der Waals surface area (Å²) in [6.07, 6.45) is 0. The van der Waals surface area contributed by atoms with Gasteiger partial charge in [-0.05, 0) is 45.0 Å². The lowest BCUT2D eigenvalue weighted by molar-refractivity contribution is -0.384. The Morgan fingerprint density at radius 2 is 1.79 bits per heavy atom. The van der Waals surface area contributed by atoms with Gasteiger partial charge in [-0.1, -0.05) is 18.2 Å². The SMILES string of the molecule is CCN(CC)C(=O)c1cccc(NC(=O)c2nn(-c3ccccc3[N+](=O)[O-])c(C)cc2=O)c1. The van der Waals surface area contributed by atoms with Gasteiger partial charge in [0.15, 0.2) is 5.69 Å². The monoisotopic (exact) mass is 449 g/mol.